The van der Waals surface area contributed by atoms with E-state index in [-0.39, 0.29) is 11.5 Å². The fourth-order valence-corrected chi connectivity index (χ4v) is 2.54. The average molecular weight is 394 g/mol. The highest BCUT2D eigenvalue weighted by Gasteiger charge is 2.06. The summed E-state index contributed by atoms with van der Waals surface area (Å²) >= 11 is 0. The maximum atomic E-state index is 11.2. The average Bonchev–Trinajstić information content (AvgIpc) is 2.71. The topological polar surface area (TPSA) is 52.6 Å². The van der Waals surface area contributed by atoms with E-state index in [1.54, 1.807) is 12.1 Å². The molecule has 0 amide bonds. The zero-order valence-electron chi connectivity index (χ0n) is 16.6. The molecule has 0 unspecified atom stereocenters. The minimum absolute atomic E-state index is 0.261. The van der Waals surface area contributed by atoms with Crippen LogP contribution in [0.1, 0.15) is 36.1 Å². The van der Waals surface area contributed by atoms with Crippen LogP contribution in [-0.2, 0) is 9.59 Å². The Kier molecular flexibility index (Phi) is 6.66. The molecule has 0 N–H and O–H groups in total. The largest absolute Gasteiger partial charge is 0.427 e. The van der Waals surface area contributed by atoms with Gasteiger partial charge in [0.05, 0.1) is 0 Å². The lowest BCUT2D eigenvalue weighted by Gasteiger charge is -2.06. The molecule has 0 spiro atoms. The van der Waals surface area contributed by atoms with Crippen molar-refractivity contribution in [3.63, 3.8) is 0 Å². The van der Waals surface area contributed by atoms with E-state index in [1.165, 1.54) is 19.9 Å². The Bertz CT molecular complexity index is 1150. The molecular weight excluding hydrogens is 376 g/mol. The van der Waals surface area contributed by atoms with Crippen LogP contribution in [0.15, 0.2) is 72.8 Å². The highest BCUT2D eigenvalue weighted by Crippen LogP contribution is 2.23. The van der Waals surface area contributed by atoms with Gasteiger partial charge in [-0.3, -0.25) is 9.59 Å². The van der Waals surface area contributed by atoms with Crippen LogP contribution in [0.25, 0.3) is 0 Å². The Hall–Kier alpha value is -4.28. The monoisotopic (exact) mass is 394 g/mol. The molecule has 30 heavy (non-hydrogen) atoms. The van der Waals surface area contributed by atoms with Gasteiger partial charge in [-0.25, -0.2) is 0 Å². The van der Waals surface area contributed by atoms with Crippen molar-refractivity contribution in [2.75, 3.05) is 0 Å². The maximum Gasteiger partial charge on any atom is 0.308 e. The number of rotatable bonds is 2. The summed E-state index contributed by atoms with van der Waals surface area (Å²) in [5, 5.41) is 0. The molecule has 0 radical (unpaired) electrons. The predicted molar refractivity (Wildman–Crippen MR) is 114 cm³/mol. The quantitative estimate of drug-likeness (QED) is 0.369. The molecule has 3 aromatic carbocycles. The SMILES string of the molecule is CC(=O)Oc1cc(C#Cc2ccc(C#Cc3ccccc3)cc2)cc(OC(C)=O)c1. The fraction of sp³-hybridized carbons (Fsp3) is 0.0769. The van der Waals surface area contributed by atoms with Crippen LogP contribution in [0, 0.1) is 23.7 Å². The molecule has 0 aliphatic heterocycles. The number of ether oxygens (including phenoxy) is 2. The molecule has 3 aromatic rings. The normalized spacial score (nSPS) is 9.40. The van der Waals surface area contributed by atoms with Crippen molar-refractivity contribution in [2.45, 2.75) is 13.8 Å². The standard InChI is InChI=1S/C26H18O4/c1-19(27)29-25-16-24(17-26(18-25)30-20(2)28)15-14-23-12-10-22(11-13-23)9-8-21-6-4-3-5-7-21/h3-7,10-13,16-18H,1-2H3. The van der Waals surface area contributed by atoms with Gasteiger partial charge in [-0.1, -0.05) is 41.9 Å². The van der Waals surface area contributed by atoms with Gasteiger partial charge < -0.3 is 9.47 Å². The number of esters is 2. The smallest absolute Gasteiger partial charge is 0.308 e. The third kappa shape index (κ3) is 6.41. The molecule has 0 atom stereocenters. The third-order valence-corrected chi connectivity index (χ3v) is 3.76. The van der Waals surface area contributed by atoms with Gasteiger partial charge in [-0.2, -0.15) is 0 Å². The molecule has 4 nitrogen and oxygen atoms in total. The highest BCUT2D eigenvalue weighted by molar-refractivity contribution is 5.71. The predicted octanol–water partition coefficient (Wildman–Crippen LogP) is 4.34. The maximum absolute atomic E-state index is 11.2. The van der Waals surface area contributed by atoms with Crippen molar-refractivity contribution < 1.29 is 19.1 Å². The van der Waals surface area contributed by atoms with E-state index in [9.17, 15) is 9.59 Å². The van der Waals surface area contributed by atoms with Crippen LogP contribution in [-0.4, -0.2) is 11.9 Å². The van der Waals surface area contributed by atoms with E-state index in [0.29, 0.717) is 5.56 Å². The van der Waals surface area contributed by atoms with Crippen molar-refractivity contribution in [3.05, 3.63) is 95.1 Å². The van der Waals surface area contributed by atoms with Crippen LogP contribution < -0.4 is 9.47 Å². The molecule has 0 aromatic heterocycles. The number of benzene rings is 3. The van der Waals surface area contributed by atoms with Gasteiger partial charge in [0.2, 0.25) is 0 Å². The molecule has 0 heterocycles. The zero-order chi connectivity index (χ0) is 21.3. The van der Waals surface area contributed by atoms with E-state index >= 15 is 0 Å². The minimum Gasteiger partial charge on any atom is -0.427 e. The third-order valence-electron chi connectivity index (χ3n) is 3.76. The summed E-state index contributed by atoms with van der Waals surface area (Å²) in [6.07, 6.45) is 0. The number of carbonyl (C=O) groups excluding carboxylic acids is 2. The molecule has 0 aliphatic carbocycles. The molecule has 0 saturated carbocycles. The van der Waals surface area contributed by atoms with Gasteiger partial charge in [0.1, 0.15) is 11.5 Å². The molecule has 3 rings (SSSR count). The molecule has 0 bridgehead atoms. The lowest BCUT2D eigenvalue weighted by Crippen LogP contribution is -2.04. The van der Waals surface area contributed by atoms with E-state index in [0.717, 1.165) is 16.7 Å². The van der Waals surface area contributed by atoms with Crippen molar-refractivity contribution in [2.24, 2.45) is 0 Å². The zero-order valence-corrected chi connectivity index (χ0v) is 16.6. The molecule has 0 saturated heterocycles. The molecular formula is C26H18O4. The Labute approximate surface area is 175 Å². The fourth-order valence-electron chi connectivity index (χ4n) is 2.54. The van der Waals surface area contributed by atoms with Gasteiger partial charge in [-0.05, 0) is 48.5 Å². The van der Waals surface area contributed by atoms with E-state index in [2.05, 4.69) is 23.7 Å². The van der Waals surface area contributed by atoms with Crippen LogP contribution >= 0.6 is 0 Å². The summed E-state index contributed by atoms with van der Waals surface area (Å²) in [4.78, 5) is 22.5. The lowest BCUT2D eigenvalue weighted by atomic mass is 10.1. The molecule has 4 heteroatoms. The number of hydrogen-bond acceptors (Lipinski definition) is 4. The summed E-state index contributed by atoms with van der Waals surface area (Å²) in [6.45, 7) is 2.60. The summed E-state index contributed by atoms with van der Waals surface area (Å²) in [5.74, 6) is 11.9. The first-order chi connectivity index (χ1) is 14.5. The first-order valence-corrected chi connectivity index (χ1v) is 9.19. The van der Waals surface area contributed by atoms with Crippen molar-refractivity contribution >= 4 is 11.9 Å². The number of carbonyl (C=O) groups is 2. The summed E-state index contributed by atoms with van der Waals surface area (Å²) in [7, 11) is 0. The second-order valence-corrected chi connectivity index (χ2v) is 6.32. The molecule has 0 aliphatic rings. The highest BCUT2D eigenvalue weighted by atomic mass is 16.5. The first-order valence-electron chi connectivity index (χ1n) is 9.19. The molecule has 146 valence electrons. The van der Waals surface area contributed by atoms with Crippen molar-refractivity contribution in [1.29, 1.82) is 0 Å². The van der Waals surface area contributed by atoms with E-state index in [4.69, 9.17) is 9.47 Å². The van der Waals surface area contributed by atoms with Gasteiger partial charge >= 0.3 is 11.9 Å². The second-order valence-electron chi connectivity index (χ2n) is 6.32. The molecule has 0 fully saturated rings. The Morgan fingerprint density at radius 3 is 1.40 bits per heavy atom. The van der Waals surface area contributed by atoms with Gasteiger partial charge in [0.25, 0.3) is 0 Å². The van der Waals surface area contributed by atoms with Gasteiger partial charge in [0, 0.05) is 42.2 Å². The lowest BCUT2D eigenvalue weighted by molar-refractivity contribution is -0.132. The van der Waals surface area contributed by atoms with Crippen molar-refractivity contribution in [3.8, 4) is 35.2 Å². The van der Waals surface area contributed by atoms with Crippen LogP contribution in [0.3, 0.4) is 0 Å². The summed E-state index contributed by atoms with van der Waals surface area (Å²) in [6, 6.07) is 22.0. The Morgan fingerprint density at radius 2 is 0.967 bits per heavy atom. The van der Waals surface area contributed by atoms with Crippen LogP contribution in [0.5, 0.6) is 11.5 Å². The first kappa shape index (κ1) is 20.5. The van der Waals surface area contributed by atoms with E-state index < -0.39 is 11.9 Å². The summed E-state index contributed by atoms with van der Waals surface area (Å²) < 4.78 is 10.2. The summed E-state index contributed by atoms with van der Waals surface area (Å²) in [5.41, 5.74) is 3.20. The van der Waals surface area contributed by atoms with Crippen LogP contribution in [0.2, 0.25) is 0 Å². The minimum atomic E-state index is -0.471. The number of hydrogen-bond donors (Lipinski definition) is 0. The van der Waals surface area contributed by atoms with Gasteiger partial charge in [0.15, 0.2) is 0 Å². The Balaban J connectivity index is 1.80. The van der Waals surface area contributed by atoms with E-state index in [1.807, 2.05) is 54.6 Å². The van der Waals surface area contributed by atoms with Crippen molar-refractivity contribution in [1.82, 2.24) is 0 Å². The van der Waals surface area contributed by atoms with Crippen LogP contribution in [0.4, 0.5) is 0 Å². The Morgan fingerprint density at radius 1 is 0.567 bits per heavy atom. The second kappa shape index (κ2) is 9.78. The van der Waals surface area contributed by atoms with Gasteiger partial charge in [-0.15, -0.1) is 0 Å².